The van der Waals surface area contributed by atoms with E-state index in [-0.39, 0.29) is 0 Å². The van der Waals surface area contributed by atoms with Gasteiger partial charge in [0.1, 0.15) is 21.7 Å². The lowest BCUT2D eigenvalue weighted by molar-refractivity contribution is 0.0986. The number of nitrogens with two attached hydrogens (primary N) is 2. The molecule has 2 amide bonds. The minimum Gasteiger partial charge on any atom is -0.364 e. The molecule has 0 aliphatic carbocycles. The normalized spacial score (nSPS) is 10.5. The molecule has 4 aromatic heterocycles. The highest BCUT2D eigenvalue weighted by molar-refractivity contribution is 6.29. The molecule has 0 saturated heterocycles. The Morgan fingerprint density at radius 2 is 1.35 bits per heavy atom. The Hall–Kier alpha value is -5.68. The van der Waals surface area contributed by atoms with Crippen molar-refractivity contribution in [3.05, 3.63) is 106 Å². The Kier molecular flexibility index (Phi) is 7.82. The molecule has 0 atom stereocenters. The molecular weight excluding hydrogens is 587 g/mol. The van der Waals surface area contributed by atoms with E-state index in [0.717, 1.165) is 44.1 Å². The summed E-state index contributed by atoms with van der Waals surface area (Å²) in [6, 6.07) is 21.4. The Morgan fingerprint density at radius 3 is 1.86 bits per heavy atom. The van der Waals surface area contributed by atoms with Crippen molar-refractivity contribution in [2.45, 2.75) is 0 Å². The van der Waals surface area contributed by atoms with E-state index < -0.39 is 11.8 Å². The van der Waals surface area contributed by atoms with Gasteiger partial charge in [-0.25, -0.2) is 9.97 Å². The predicted molar refractivity (Wildman–Crippen MR) is 164 cm³/mol. The van der Waals surface area contributed by atoms with E-state index in [4.69, 9.17) is 39.9 Å². The number of rotatable bonds is 4. The van der Waals surface area contributed by atoms with Crippen LogP contribution >= 0.6 is 23.2 Å². The zero-order valence-corrected chi connectivity index (χ0v) is 23.9. The van der Waals surface area contributed by atoms with Crippen LogP contribution in [-0.2, 0) is 7.05 Å². The van der Waals surface area contributed by atoms with E-state index in [1.807, 2.05) is 6.07 Å². The lowest BCUT2D eigenvalue weighted by Crippen LogP contribution is -2.14. The molecule has 0 saturated carbocycles. The molecule has 6 rings (SSSR count). The summed E-state index contributed by atoms with van der Waals surface area (Å²) < 4.78 is 1.72. The number of carbonyl (C=O) groups excluding carboxylic acids is 2. The number of fused-ring (bicyclic) bond motifs is 2. The second-order valence-corrected chi connectivity index (χ2v) is 10.2. The molecule has 5 N–H and O–H groups in total. The van der Waals surface area contributed by atoms with E-state index in [9.17, 15) is 14.9 Å². The molecule has 0 unspecified atom stereocenters. The van der Waals surface area contributed by atoms with Crippen LogP contribution in [-0.4, -0.2) is 31.3 Å². The van der Waals surface area contributed by atoms with Gasteiger partial charge in [0.05, 0.1) is 34.3 Å². The Morgan fingerprint density at radius 1 is 0.791 bits per heavy atom. The molecule has 4 heterocycles. The molecule has 0 radical (unpaired) electrons. The van der Waals surface area contributed by atoms with Gasteiger partial charge in [0.2, 0.25) is 0 Å². The molecular formula is C31H20Cl2N8O2. The molecule has 43 heavy (non-hydrogen) atoms. The number of benzene rings is 2. The maximum atomic E-state index is 11.5. The third-order valence-corrected chi connectivity index (χ3v) is 7.16. The van der Waals surface area contributed by atoms with Gasteiger partial charge in [-0.05, 0) is 60.7 Å². The molecule has 0 aliphatic rings. The van der Waals surface area contributed by atoms with Crippen LogP contribution in [0.3, 0.4) is 0 Å². The van der Waals surface area contributed by atoms with Gasteiger partial charge in [-0.3, -0.25) is 9.59 Å². The quantitative estimate of drug-likeness (QED) is 0.216. The number of nitrogens with one attached hydrogen (secondary N) is 1. The average Bonchev–Trinajstić information content (AvgIpc) is 3.59. The van der Waals surface area contributed by atoms with E-state index in [1.54, 1.807) is 78.6 Å². The monoisotopic (exact) mass is 606 g/mol. The smallest absolute Gasteiger partial charge is 0.265 e. The van der Waals surface area contributed by atoms with Crippen LogP contribution in [0, 0.1) is 22.7 Å². The number of hydrogen-bond acceptors (Lipinski definition) is 6. The van der Waals surface area contributed by atoms with Crippen LogP contribution < -0.4 is 11.5 Å². The number of primary amides is 2. The molecule has 6 aromatic rings. The minimum atomic E-state index is -0.551. The molecule has 10 nitrogen and oxygen atoms in total. The van der Waals surface area contributed by atoms with Crippen LogP contribution in [0.1, 0.15) is 32.1 Å². The average molecular weight is 607 g/mol. The van der Waals surface area contributed by atoms with Crippen molar-refractivity contribution in [1.29, 1.82) is 10.5 Å². The van der Waals surface area contributed by atoms with Gasteiger partial charge in [0, 0.05) is 52.5 Å². The first-order valence-corrected chi connectivity index (χ1v) is 13.3. The Bertz CT molecular complexity index is 2130. The molecule has 0 fully saturated rings. The molecule has 210 valence electrons. The molecule has 0 aliphatic heterocycles. The first-order chi connectivity index (χ1) is 20.6. The molecule has 2 aromatic carbocycles. The number of amides is 2. The van der Waals surface area contributed by atoms with Crippen molar-refractivity contribution in [3.63, 3.8) is 0 Å². The lowest BCUT2D eigenvalue weighted by Gasteiger charge is -2.08. The van der Waals surface area contributed by atoms with E-state index in [0.29, 0.717) is 32.8 Å². The SMILES string of the molecule is Cn1c(C(N)=O)cc2cc(C#N)cc(-c3ccc(Cl)nc3)c21.N#Cc1cc(-c2ccc(Cl)nc2)c2[nH]c(C(N)=O)cc2c1. The van der Waals surface area contributed by atoms with Crippen LogP contribution in [0.4, 0.5) is 0 Å². The zero-order chi connectivity index (χ0) is 30.8. The highest BCUT2D eigenvalue weighted by Gasteiger charge is 2.16. The number of aromatic amines is 1. The molecule has 0 spiro atoms. The highest BCUT2D eigenvalue weighted by Crippen LogP contribution is 2.33. The summed E-state index contributed by atoms with van der Waals surface area (Å²) in [6.45, 7) is 0. The highest BCUT2D eigenvalue weighted by atomic mass is 35.5. The third-order valence-electron chi connectivity index (χ3n) is 6.71. The number of carbonyl (C=O) groups is 2. The van der Waals surface area contributed by atoms with Gasteiger partial charge in [0.15, 0.2) is 0 Å². The number of aryl methyl sites for hydroxylation is 1. The van der Waals surface area contributed by atoms with Gasteiger partial charge in [0.25, 0.3) is 11.8 Å². The topological polar surface area (TPSA) is 180 Å². The first-order valence-electron chi connectivity index (χ1n) is 12.5. The standard InChI is InChI=1S/C16H11ClN4O.C15H9ClN4O/c1-21-13(16(19)22)6-11-4-9(7-18)5-12(15(11)21)10-2-3-14(17)20-8-10;16-13-2-1-9(7-19-13)11-4-8(6-17)3-10-5-12(15(18)21)20-14(10)11/h2-6,8H,1H3,(H2,19,22);1-5,7,20H,(H2,18,21). The van der Waals surface area contributed by atoms with Gasteiger partial charge < -0.3 is 21.0 Å². The summed E-state index contributed by atoms with van der Waals surface area (Å²) in [5, 5.41) is 20.6. The van der Waals surface area contributed by atoms with Gasteiger partial charge in [-0.1, -0.05) is 23.2 Å². The maximum Gasteiger partial charge on any atom is 0.265 e. The van der Waals surface area contributed by atoms with E-state index in [2.05, 4.69) is 27.1 Å². The van der Waals surface area contributed by atoms with Crippen LogP contribution in [0.5, 0.6) is 0 Å². The first kappa shape index (κ1) is 28.8. The Labute approximate surface area is 254 Å². The number of halogens is 2. The van der Waals surface area contributed by atoms with Gasteiger partial charge >= 0.3 is 0 Å². The Balaban J connectivity index is 0.000000171. The number of pyridine rings is 2. The lowest BCUT2D eigenvalue weighted by atomic mass is 10.0. The summed E-state index contributed by atoms with van der Waals surface area (Å²) in [5.74, 6) is -1.07. The largest absolute Gasteiger partial charge is 0.364 e. The predicted octanol–water partition coefficient (Wildman–Crippen LogP) is 5.72. The fourth-order valence-corrected chi connectivity index (χ4v) is 4.99. The van der Waals surface area contributed by atoms with Gasteiger partial charge in [-0.15, -0.1) is 0 Å². The maximum absolute atomic E-state index is 11.5. The van der Waals surface area contributed by atoms with Crippen molar-refractivity contribution < 1.29 is 9.59 Å². The van der Waals surface area contributed by atoms with E-state index >= 15 is 0 Å². The summed E-state index contributed by atoms with van der Waals surface area (Å²) >= 11 is 11.6. The van der Waals surface area contributed by atoms with E-state index in [1.165, 1.54) is 0 Å². The molecule has 0 bridgehead atoms. The van der Waals surface area contributed by atoms with Crippen molar-refractivity contribution in [2.24, 2.45) is 18.5 Å². The van der Waals surface area contributed by atoms with Gasteiger partial charge in [-0.2, -0.15) is 10.5 Å². The second-order valence-electron chi connectivity index (χ2n) is 9.41. The summed E-state index contributed by atoms with van der Waals surface area (Å²) in [4.78, 5) is 33.9. The number of hydrogen-bond donors (Lipinski definition) is 3. The number of nitriles is 2. The van der Waals surface area contributed by atoms with Crippen LogP contribution in [0.25, 0.3) is 44.1 Å². The zero-order valence-electron chi connectivity index (χ0n) is 22.4. The number of H-pyrrole nitrogens is 1. The van der Waals surface area contributed by atoms with Crippen LogP contribution in [0.2, 0.25) is 10.3 Å². The summed E-state index contributed by atoms with van der Waals surface area (Å²) in [7, 11) is 1.77. The van der Waals surface area contributed by atoms with Crippen molar-refractivity contribution >= 4 is 56.8 Å². The van der Waals surface area contributed by atoms with Crippen LogP contribution in [0.15, 0.2) is 73.1 Å². The fourth-order valence-electron chi connectivity index (χ4n) is 4.77. The minimum absolute atomic E-state index is 0.295. The summed E-state index contributed by atoms with van der Waals surface area (Å²) in [6.07, 6.45) is 3.25. The van der Waals surface area contributed by atoms with Crippen molar-refractivity contribution in [2.75, 3.05) is 0 Å². The fraction of sp³-hybridized carbons (Fsp3) is 0.0323. The second kappa shape index (κ2) is 11.7. The third kappa shape index (κ3) is 5.74. The molecule has 12 heteroatoms. The number of aromatic nitrogens is 4. The van der Waals surface area contributed by atoms with Crippen molar-refractivity contribution in [3.8, 4) is 34.4 Å². The number of nitrogens with zero attached hydrogens (tertiary/aromatic N) is 5. The summed E-state index contributed by atoms with van der Waals surface area (Å²) in [5.41, 5.74) is 17.1. The van der Waals surface area contributed by atoms with Crippen molar-refractivity contribution in [1.82, 2.24) is 19.5 Å².